The summed E-state index contributed by atoms with van der Waals surface area (Å²) in [5.41, 5.74) is 7.14. The Morgan fingerprint density at radius 2 is 2.39 bits per heavy atom. The number of nitrogens with zero attached hydrogens (tertiary/aromatic N) is 3. The topological polar surface area (TPSA) is 68.8 Å². The molecular weight excluding hydrogens is 246 g/mol. The molecule has 0 amide bonds. The Balaban J connectivity index is 2.00. The Kier molecular flexibility index (Phi) is 3.88. The molecule has 0 bridgehead atoms. The summed E-state index contributed by atoms with van der Waals surface area (Å²) in [6.07, 6.45) is 7.20. The molecule has 6 heteroatoms. The summed E-state index contributed by atoms with van der Waals surface area (Å²) < 4.78 is 2.02. The third kappa shape index (κ3) is 3.27. The molecule has 0 aliphatic heterocycles. The van der Waals surface area contributed by atoms with E-state index in [0.717, 1.165) is 12.2 Å². The van der Waals surface area contributed by atoms with Crippen molar-refractivity contribution in [1.29, 1.82) is 0 Å². The molecule has 1 unspecified atom stereocenters. The number of pyridine rings is 1. The fourth-order valence-electron chi connectivity index (χ4n) is 1.70. The molecule has 0 aliphatic rings. The van der Waals surface area contributed by atoms with Crippen molar-refractivity contribution in [3.05, 3.63) is 42.7 Å². The third-order valence-corrected chi connectivity index (χ3v) is 2.68. The van der Waals surface area contributed by atoms with Crippen molar-refractivity contribution in [3.8, 4) is 0 Å². The fourth-order valence-corrected chi connectivity index (χ4v) is 1.81. The number of imidazole rings is 1. The number of thiocarbonyl (C=S) groups is 1. The quantitative estimate of drug-likeness (QED) is 0.797. The molecule has 3 N–H and O–H groups in total. The lowest BCUT2D eigenvalue weighted by atomic mass is 10.2. The fraction of sp³-hybridized carbons (Fsp3) is 0.250. The zero-order chi connectivity index (χ0) is 13.0. The van der Waals surface area contributed by atoms with Crippen LogP contribution in [0.25, 0.3) is 0 Å². The Morgan fingerprint density at radius 3 is 3.06 bits per heavy atom. The lowest BCUT2D eigenvalue weighted by Gasteiger charge is -2.16. The van der Waals surface area contributed by atoms with Gasteiger partial charge in [-0.15, -0.1) is 0 Å². The number of nitrogens with one attached hydrogen (secondary N) is 1. The standard InChI is InChI=1S/C12H15N5S/c1-9(7-17-5-4-14-8-17)16-10-2-3-15-11(6-10)12(13)18/h2-6,8-9H,7H2,1H3,(H2,13,18)(H,15,16). The molecule has 0 aliphatic carbocycles. The van der Waals surface area contributed by atoms with Crippen LogP contribution in [0.2, 0.25) is 0 Å². The zero-order valence-corrected chi connectivity index (χ0v) is 10.9. The van der Waals surface area contributed by atoms with Crippen LogP contribution in [0.5, 0.6) is 0 Å². The molecule has 18 heavy (non-hydrogen) atoms. The summed E-state index contributed by atoms with van der Waals surface area (Å²) >= 11 is 4.90. The lowest BCUT2D eigenvalue weighted by Crippen LogP contribution is -2.21. The van der Waals surface area contributed by atoms with E-state index in [1.54, 1.807) is 18.7 Å². The van der Waals surface area contributed by atoms with Gasteiger partial charge in [0.25, 0.3) is 0 Å². The van der Waals surface area contributed by atoms with Gasteiger partial charge in [-0.05, 0) is 19.1 Å². The predicted molar refractivity (Wildman–Crippen MR) is 75.4 cm³/mol. The van der Waals surface area contributed by atoms with Gasteiger partial charge in [0.05, 0.1) is 12.0 Å². The molecule has 0 saturated carbocycles. The van der Waals surface area contributed by atoms with Crippen LogP contribution in [0.15, 0.2) is 37.1 Å². The molecule has 2 rings (SSSR count). The van der Waals surface area contributed by atoms with Crippen LogP contribution in [-0.2, 0) is 6.54 Å². The van der Waals surface area contributed by atoms with Crippen molar-refractivity contribution < 1.29 is 0 Å². The van der Waals surface area contributed by atoms with Gasteiger partial charge in [-0.1, -0.05) is 12.2 Å². The van der Waals surface area contributed by atoms with Crippen molar-refractivity contribution in [2.45, 2.75) is 19.5 Å². The average molecular weight is 261 g/mol. The second-order valence-corrected chi connectivity index (χ2v) is 4.54. The first kappa shape index (κ1) is 12.5. The molecule has 94 valence electrons. The number of rotatable bonds is 5. The van der Waals surface area contributed by atoms with Gasteiger partial charge in [-0.2, -0.15) is 0 Å². The summed E-state index contributed by atoms with van der Waals surface area (Å²) in [7, 11) is 0. The first-order valence-electron chi connectivity index (χ1n) is 5.63. The van der Waals surface area contributed by atoms with E-state index >= 15 is 0 Å². The van der Waals surface area contributed by atoms with Gasteiger partial charge < -0.3 is 15.6 Å². The highest BCUT2D eigenvalue weighted by molar-refractivity contribution is 7.80. The molecule has 0 fully saturated rings. The van der Waals surface area contributed by atoms with Gasteiger partial charge in [0.1, 0.15) is 4.99 Å². The van der Waals surface area contributed by atoms with E-state index < -0.39 is 0 Å². The molecule has 5 nitrogen and oxygen atoms in total. The minimum atomic E-state index is 0.265. The van der Waals surface area contributed by atoms with Gasteiger partial charge in [0, 0.05) is 36.9 Å². The van der Waals surface area contributed by atoms with Crippen LogP contribution in [0.4, 0.5) is 5.69 Å². The van der Waals surface area contributed by atoms with Crippen LogP contribution >= 0.6 is 12.2 Å². The monoisotopic (exact) mass is 261 g/mol. The van der Waals surface area contributed by atoms with Gasteiger partial charge >= 0.3 is 0 Å². The van der Waals surface area contributed by atoms with Gasteiger partial charge in [-0.25, -0.2) is 4.98 Å². The van der Waals surface area contributed by atoms with Gasteiger partial charge in [0.2, 0.25) is 0 Å². The summed E-state index contributed by atoms with van der Waals surface area (Å²) in [5, 5.41) is 3.37. The first-order valence-corrected chi connectivity index (χ1v) is 6.04. The highest BCUT2D eigenvalue weighted by Gasteiger charge is 2.05. The highest BCUT2D eigenvalue weighted by Crippen LogP contribution is 2.10. The molecule has 2 aromatic rings. The first-order chi connectivity index (χ1) is 8.65. The van der Waals surface area contributed by atoms with E-state index in [4.69, 9.17) is 18.0 Å². The largest absolute Gasteiger partial charge is 0.388 e. The summed E-state index contributed by atoms with van der Waals surface area (Å²) in [4.78, 5) is 8.42. The van der Waals surface area contributed by atoms with Gasteiger partial charge in [-0.3, -0.25) is 4.98 Å². The van der Waals surface area contributed by atoms with Crippen molar-refractivity contribution in [3.63, 3.8) is 0 Å². The minimum absolute atomic E-state index is 0.265. The zero-order valence-electron chi connectivity index (χ0n) is 10.1. The molecular formula is C12H15N5S. The maximum absolute atomic E-state index is 5.55. The normalized spacial score (nSPS) is 12.1. The SMILES string of the molecule is CC(Cn1ccnc1)Nc1ccnc(C(N)=S)c1. The highest BCUT2D eigenvalue weighted by atomic mass is 32.1. The number of aromatic nitrogens is 3. The molecule has 2 heterocycles. The van der Waals surface area contributed by atoms with E-state index in [2.05, 4.69) is 22.2 Å². The second-order valence-electron chi connectivity index (χ2n) is 4.10. The smallest absolute Gasteiger partial charge is 0.122 e. The number of hydrogen-bond donors (Lipinski definition) is 2. The minimum Gasteiger partial charge on any atom is -0.388 e. The van der Waals surface area contributed by atoms with Crippen LogP contribution in [-0.4, -0.2) is 25.6 Å². The predicted octanol–water partition coefficient (Wildman–Crippen LogP) is 1.41. The molecule has 0 spiro atoms. The Hall–Kier alpha value is -1.95. The molecule has 0 radical (unpaired) electrons. The Bertz CT molecular complexity index is 523. The van der Waals surface area contributed by atoms with E-state index in [1.165, 1.54) is 0 Å². The van der Waals surface area contributed by atoms with Gasteiger partial charge in [0.15, 0.2) is 0 Å². The van der Waals surface area contributed by atoms with E-state index in [1.807, 2.05) is 22.9 Å². The number of nitrogens with two attached hydrogens (primary N) is 1. The van der Waals surface area contributed by atoms with Crippen molar-refractivity contribution in [2.24, 2.45) is 5.73 Å². The maximum Gasteiger partial charge on any atom is 0.122 e. The van der Waals surface area contributed by atoms with Crippen LogP contribution in [0.1, 0.15) is 12.6 Å². The molecule has 0 aromatic carbocycles. The average Bonchev–Trinajstić information content (AvgIpc) is 2.82. The van der Waals surface area contributed by atoms with Crippen LogP contribution < -0.4 is 11.1 Å². The molecule has 1 atom stereocenters. The number of hydrogen-bond acceptors (Lipinski definition) is 4. The Labute approximate surface area is 111 Å². The summed E-state index contributed by atoms with van der Waals surface area (Å²) in [6.45, 7) is 2.94. The van der Waals surface area contributed by atoms with E-state index in [-0.39, 0.29) is 6.04 Å². The van der Waals surface area contributed by atoms with E-state index in [9.17, 15) is 0 Å². The van der Waals surface area contributed by atoms with Crippen LogP contribution in [0, 0.1) is 0 Å². The van der Waals surface area contributed by atoms with Crippen molar-refractivity contribution >= 4 is 22.9 Å². The summed E-state index contributed by atoms with van der Waals surface area (Å²) in [6, 6.07) is 4.01. The Morgan fingerprint density at radius 1 is 1.56 bits per heavy atom. The van der Waals surface area contributed by atoms with Crippen molar-refractivity contribution in [1.82, 2.24) is 14.5 Å². The molecule has 0 saturated heterocycles. The van der Waals surface area contributed by atoms with Crippen molar-refractivity contribution in [2.75, 3.05) is 5.32 Å². The number of anilines is 1. The molecule has 2 aromatic heterocycles. The second kappa shape index (κ2) is 5.59. The summed E-state index contributed by atoms with van der Waals surface area (Å²) in [5.74, 6) is 0. The van der Waals surface area contributed by atoms with E-state index in [0.29, 0.717) is 10.7 Å². The lowest BCUT2D eigenvalue weighted by molar-refractivity contribution is 0.619. The van der Waals surface area contributed by atoms with Crippen LogP contribution in [0.3, 0.4) is 0 Å². The maximum atomic E-state index is 5.55. The third-order valence-electron chi connectivity index (χ3n) is 2.47.